The lowest BCUT2D eigenvalue weighted by molar-refractivity contribution is -0.143. The Morgan fingerprint density at radius 2 is 1.92 bits per heavy atom. The lowest BCUT2D eigenvalue weighted by Crippen LogP contribution is -2.55. The van der Waals surface area contributed by atoms with Gasteiger partial charge in [-0.2, -0.15) is 0 Å². The van der Waals surface area contributed by atoms with Gasteiger partial charge in [-0.25, -0.2) is 9.48 Å². The largest absolute Gasteiger partial charge is 0.444 e. The molecule has 11 nitrogen and oxygen atoms in total. The molecule has 38 heavy (non-hydrogen) atoms. The van der Waals surface area contributed by atoms with Crippen molar-refractivity contribution in [3.05, 3.63) is 35.1 Å². The maximum Gasteiger partial charge on any atom is 0.410 e. The molecule has 3 heterocycles. The molecule has 2 aromatic rings. The van der Waals surface area contributed by atoms with Crippen molar-refractivity contribution in [2.75, 3.05) is 13.1 Å². The number of nitrogens with zero attached hydrogens (tertiary/aromatic N) is 6. The molecule has 3 amide bonds. The summed E-state index contributed by atoms with van der Waals surface area (Å²) in [6.07, 6.45) is 2.96. The van der Waals surface area contributed by atoms with E-state index in [2.05, 4.69) is 34.7 Å². The van der Waals surface area contributed by atoms with Crippen LogP contribution in [0.3, 0.4) is 0 Å². The standard InChI is InChI=1S/C26H36ClN7O4/c1-16(2)19-10-12-33(25(37)38-26(3,4)5)22(19)24(36)32-11-6-7-21(32)23(35)28-14-17-13-18(27)8-9-20(17)34-15-29-30-31-34/h8-9,13,15-16,19,21-22H,6-7,10-12,14H2,1-5H3,(H,28,35)/t19?,21-,22-/m0/s1. The molecule has 0 bridgehead atoms. The summed E-state index contributed by atoms with van der Waals surface area (Å²) in [5.74, 6) is -0.258. The molecule has 0 saturated carbocycles. The number of aromatic nitrogens is 4. The van der Waals surface area contributed by atoms with E-state index in [1.165, 1.54) is 11.0 Å². The molecule has 206 valence electrons. The van der Waals surface area contributed by atoms with E-state index >= 15 is 0 Å². The molecule has 0 spiro atoms. The number of nitrogens with one attached hydrogen (secondary N) is 1. The predicted octanol–water partition coefficient (Wildman–Crippen LogP) is 3.20. The van der Waals surface area contributed by atoms with E-state index in [0.717, 1.165) is 5.56 Å². The summed E-state index contributed by atoms with van der Waals surface area (Å²) in [4.78, 5) is 43.5. The van der Waals surface area contributed by atoms with Crippen LogP contribution in [0, 0.1) is 11.8 Å². The minimum Gasteiger partial charge on any atom is -0.444 e. The van der Waals surface area contributed by atoms with Gasteiger partial charge < -0.3 is 15.0 Å². The van der Waals surface area contributed by atoms with Crippen molar-refractivity contribution in [3.8, 4) is 5.69 Å². The zero-order valence-electron chi connectivity index (χ0n) is 22.6. The van der Waals surface area contributed by atoms with Crippen molar-refractivity contribution in [3.63, 3.8) is 0 Å². The van der Waals surface area contributed by atoms with Gasteiger partial charge in [-0.15, -0.1) is 5.10 Å². The van der Waals surface area contributed by atoms with E-state index in [1.54, 1.807) is 28.0 Å². The molecule has 4 rings (SSSR count). The minimum atomic E-state index is -0.669. The first-order valence-corrected chi connectivity index (χ1v) is 13.4. The number of hydrogen-bond acceptors (Lipinski definition) is 7. The van der Waals surface area contributed by atoms with Gasteiger partial charge in [-0.3, -0.25) is 14.5 Å². The number of hydrogen-bond donors (Lipinski definition) is 1. The fourth-order valence-corrected chi connectivity index (χ4v) is 5.51. The van der Waals surface area contributed by atoms with Gasteiger partial charge in [-0.05, 0) is 86.1 Å². The summed E-state index contributed by atoms with van der Waals surface area (Å²) >= 11 is 6.21. The zero-order valence-corrected chi connectivity index (χ0v) is 23.3. The highest BCUT2D eigenvalue weighted by Gasteiger charge is 2.48. The first-order chi connectivity index (χ1) is 18.0. The number of rotatable bonds is 6. The third-order valence-corrected chi connectivity index (χ3v) is 7.35. The van der Waals surface area contributed by atoms with Crippen LogP contribution >= 0.6 is 11.6 Å². The number of halogens is 1. The fourth-order valence-electron chi connectivity index (χ4n) is 5.32. The van der Waals surface area contributed by atoms with Gasteiger partial charge in [0, 0.05) is 24.7 Å². The summed E-state index contributed by atoms with van der Waals surface area (Å²) < 4.78 is 7.12. The van der Waals surface area contributed by atoms with Gasteiger partial charge in [0.2, 0.25) is 11.8 Å². The van der Waals surface area contributed by atoms with Crippen LogP contribution in [0.1, 0.15) is 59.4 Å². The van der Waals surface area contributed by atoms with Crippen molar-refractivity contribution in [1.82, 2.24) is 35.3 Å². The second-order valence-corrected chi connectivity index (χ2v) is 11.7. The number of carbonyl (C=O) groups is 3. The number of amides is 3. The normalized spacial score (nSPS) is 21.7. The first kappa shape index (κ1) is 27.8. The van der Waals surface area contributed by atoms with Crippen LogP contribution in [0.4, 0.5) is 4.79 Å². The molecule has 1 aromatic carbocycles. The van der Waals surface area contributed by atoms with Gasteiger partial charge in [0.1, 0.15) is 24.0 Å². The van der Waals surface area contributed by atoms with E-state index in [1.807, 2.05) is 20.8 Å². The summed E-state index contributed by atoms with van der Waals surface area (Å²) in [5.41, 5.74) is 0.761. The Bertz CT molecular complexity index is 1160. The molecular weight excluding hydrogens is 510 g/mol. The Kier molecular flexibility index (Phi) is 8.25. The maximum atomic E-state index is 13.9. The third kappa shape index (κ3) is 6.09. The second-order valence-electron chi connectivity index (χ2n) is 11.3. The molecule has 0 radical (unpaired) electrons. The highest BCUT2D eigenvalue weighted by Crippen LogP contribution is 2.34. The Balaban J connectivity index is 1.49. The molecule has 2 aliphatic rings. The molecule has 2 fully saturated rings. The minimum absolute atomic E-state index is 0.00959. The van der Waals surface area contributed by atoms with E-state index in [-0.39, 0.29) is 30.2 Å². The Morgan fingerprint density at radius 3 is 2.58 bits per heavy atom. The number of tetrazole rings is 1. The SMILES string of the molecule is CC(C)C1CCN(C(=O)OC(C)(C)C)[C@@H]1C(=O)N1CCC[C@H]1C(=O)NCc1cc(Cl)ccc1-n1cnnn1. The van der Waals surface area contributed by atoms with Gasteiger partial charge in [0.05, 0.1) is 5.69 Å². The monoisotopic (exact) mass is 545 g/mol. The predicted molar refractivity (Wildman–Crippen MR) is 140 cm³/mol. The van der Waals surface area contributed by atoms with E-state index < -0.39 is 23.8 Å². The van der Waals surface area contributed by atoms with Crippen LogP contribution in [0.5, 0.6) is 0 Å². The molecule has 3 atom stereocenters. The van der Waals surface area contributed by atoms with Gasteiger partial charge >= 0.3 is 6.09 Å². The maximum absolute atomic E-state index is 13.9. The fraction of sp³-hybridized carbons (Fsp3) is 0.615. The van der Waals surface area contributed by atoms with Crippen molar-refractivity contribution in [2.45, 2.75) is 78.1 Å². The number of carbonyl (C=O) groups excluding carboxylic acids is 3. The van der Waals surface area contributed by atoms with Crippen molar-refractivity contribution in [2.24, 2.45) is 11.8 Å². The summed E-state index contributed by atoms with van der Waals surface area (Å²) in [6.45, 7) is 10.7. The van der Waals surface area contributed by atoms with Crippen LogP contribution in [0.15, 0.2) is 24.5 Å². The summed E-state index contributed by atoms with van der Waals surface area (Å²) in [6, 6.07) is 3.98. The summed E-state index contributed by atoms with van der Waals surface area (Å²) in [5, 5.41) is 14.8. The van der Waals surface area contributed by atoms with E-state index in [0.29, 0.717) is 43.1 Å². The van der Waals surface area contributed by atoms with Crippen LogP contribution in [-0.4, -0.2) is 78.7 Å². The highest BCUT2D eigenvalue weighted by atomic mass is 35.5. The second kappa shape index (κ2) is 11.3. The molecule has 1 N–H and O–H groups in total. The van der Waals surface area contributed by atoms with E-state index in [9.17, 15) is 14.4 Å². The third-order valence-electron chi connectivity index (χ3n) is 7.11. The topological polar surface area (TPSA) is 123 Å². The average molecular weight is 546 g/mol. The zero-order chi connectivity index (χ0) is 27.6. The number of benzene rings is 1. The Morgan fingerprint density at radius 1 is 1.16 bits per heavy atom. The van der Waals surface area contributed by atoms with Crippen LogP contribution in [0.2, 0.25) is 5.02 Å². The van der Waals surface area contributed by atoms with Gasteiger partial charge in [0.15, 0.2) is 0 Å². The Hall–Kier alpha value is -3.21. The molecular formula is C26H36ClN7O4. The number of likely N-dealkylation sites (tertiary alicyclic amines) is 2. The average Bonchev–Trinajstić information content (AvgIpc) is 3.61. The summed E-state index contributed by atoms with van der Waals surface area (Å²) in [7, 11) is 0. The van der Waals surface area contributed by atoms with Crippen molar-refractivity contribution in [1.29, 1.82) is 0 Å². The van der Waals surface area contributed by atoms with Crippen LogP contribution in [-0.2, 0) is 20.9 Å². The lowest BCUT2D eigenvalue weighted by Gasteiger charge is -2.35. The highest BCUT2D eigenvalue weighted by molar-refractivity contribution is 6.30. The van der Waals surface area contributed by atoms with Crippen molar-refractivity contribution < 1.29 is 19.1 Å². The van der Waals surface area contributed by atoms with Crippen LogP contribution in [0.25, 0.3) is 5.69 Å². The molecule has 1 unspecified atom stereocenters. The quantitative estimate of drug-likeness (QED) is 0.591. The molecule has 12 heteroatoms. The molecule has 0 aliphatic carbocycles. The van der Waals surface area contributed by atoms with E-state index in [4.69, 9.17) is 16.3 Å². The molecule has 2 aliphatic heterocycles. The van der Waals surface area contributed by atoms with Crippen LogP contribution < -0.4 is 5.32 Å². The number of ether oxygens (including phenoxy) is 1. The first-order valence-electron chi connectivity index (χ1n) is 13.1. The van der Waals surface area contributed by atoms with Crippen molar-refractivity contribution >= 4 is 29.5 Å². The lowest BCUT2D eigenvalue weighted by atomic mass is 9.88. The smallest absolute Gasteiger partial charge is 0.410 e. The molecule has 2 saturated heterocycles. The van der Waals surface area contributed by atoms with Gasteiger partial charge in [-0.1, -0.05) is 25.4 Å². The van der Waals surface area contributed by atoms with Gasteiger partial charge in [0.25, 0.3) is 0 Å². The Labute approximate surface area is 227 Å². The molecule has 1 aromatic heterocycles.